The number of methoxy groups -OCH3 is 1. The van der Waals surface area contributed by atoms with Crippen molar-refractivity contribution in [1.82, 2.24) is 10.2 Å². The van der Waals surface area contributed by atoms with E-state index in [0.29, 0.717) is 11.1 Å². The summed E-state index contributed by atoms with van der Waals surface area (Å²) in [5.74, 6) is 1.35. The maximum atomic E-state index is 5.64. The molecule has 20 heavy (non-hydrogen) atoms. The van der Waals surface area contributed by atoms with Gasteiger partial charge in [0.05, 0.1) is 7.11 Å². The van der Waals surface area contributed by atoms with Crippen molar-refractivity contribution in [2.75, 3.05) is 7.11 Å². The van der Waals surface area contributed by atoms with Gasteiger partial charge in [-0.2, -0.15) is 0 Å². The fourth-order valence-corrected chi connectivity index (χ4v) is 2.37. The molecule has 0 radical (unpaired) electrons. The average Bonchev–Trinajstić information content (AvgIpc) is 2.97. The second kappa shape index (κ2) is 5.79. The van der Waals surface area contributed by atoms with Gasteiger partial charge in [0.2, 0.25) is 5.89 Å². The predicted molar refractivity (Wildman–Crippen MR) is 76.9 cm³/mol. The van der Waals surface area contributed by atoms with E-state index >= 15 is 0 Å². The summed E-state index contributed by atoms with van der Waals surface area (Å²) >= 11 is 1.43. The molecular weight excluding hydrogens is 272 g/mol. The smallest absolute Gasteiger partial charge is 0.281 e. The number of hydrogen-bond donors (Lipinski definition) is 0. The maximum absolute atomic E-state index is 5.64. The van der Waals surface area contributed by atoms with Crippen LogP contribution >= 0.6 is 11.8 Å². The lowest BCUT2D eigenvalue weighted by molar-refractivity contribution is 0.414. The van der Waals surface area contributed by atoms with Crippen LogP contribution in [0, 0.1) is 0 Å². The van der Waals surface area contributed by atoms with Gasteiger partial charge in [0.25, 0.3) is 5.22 Å². The number of nitrogens with zero attached hydrogens (tertiary/aromatic N) is 2. The van der Waals surface area contributed by atoms with Crippen LogP contribution in [-0.4, -0.2) is 17.3 Å². The van der Waals surface area contributed by atoms with Crippen LogP contribution in [-0.2, 0) is 0 Å². The number of aromatic nitrogens is 2. The minimum Gasteiger partial charge on any atom is -0.497 e. The van der Waals surface area contributed by atoms with E-state index in [9.17, 15) is 0 Å². The van der Waals surface area contributed by atoms with Gasteiger partial charge in [-0.1, -0.05) is 18.2 Å². The topological polar surface area (TPSA) is 48.2 Å². The molecule has 0 spiro atoms. The lowest BCUT2D eigenvalue weighted by Crippen LogP contribution is -1.81. The van der Waals surface area contributed by atoms with E-state index in [1.807, 2.05) is 54.6 Å². The molecule has 0 atom stereocenters. The van der Waals surface area contributed by atoms with E-state index in [4.69, 9.17) is 9.15 Å². The summed E-state index contributed by atoms with van der Waals surface area (Å²) in [5, 5.41) is 8.62. The van der Waals surface area contributed by atoms with Gasteiger partial charge in [0.1, 0.15) is 5.75 Å². The Bertz CT molecular complexity index is 681. The first-order valence-electron chi connectivity index (χ1n) is 6.06. The Balaban J connectivity index is 1.77. The molecule has 0 saturated carbocycles. The molecule has 4 nitrogen and oxygen atoms in total. The predicted octanol–water partition coefficient (Wildman–Crippen LogP) is 3.90. The summed E-state index contributed by atoms with van der Waals surface area (Å²) in [6.07, 6.45) is 0. The second-order valence-corrected chi connectivity index (χ2v) is 5.04. The molecule has 0 fully saturated rings. The van der Waals surface area contributed by atoms with Crippen molar-refractivity contribution in [3.8, 4) is 17.2 Å². The lowest BCUT2D eigenvalue weighted by Gasteiger charge is -2.00. The highest BCUT2D eigenvalue weighted by Crippen LogP contribution is 2.29. The van der Waals surface area contributed by atoms with Crippen molar-refractivity contribution in [2.24, 2.45) is 0 Å². The molecule has 1 aromatic heterocycles. The first kappa shape index (κ1) is 12.7. The SMILES string of the molecule is COc1ccc(Sc2nnc(-c3ccccc3)o2)cc1. The Kier molecular flexibility index (Phi) is 3.69. The molecular formula is C15H12N2O2S. The molecule has 1 heterocycles. The number of benzene rings is 2. The van der Waals surface area contributed by atoms with E-state index < -0.39 is 0 Å². The largest absolute Gasteiger partial charge is 0.497 e. The summed E-state index contributed by atoms with van der Waals surface area (Å²) in [7, 11) is 1.65. The van der Waals surface area contributed by atoms with Crippen LogP contribution in [0.25, 0.3) is 11.5 Å². The van der Waals surface area contributed by atoms with Crippen molar-refractivity contribution < 1.29 is 9.15 Å². The van der Waals surface area contributed by atoms with Crippen molar-refractivity contribution in [2.45, 2.75) is 10.1 Å². The quantitative estimate of drug-likeness (QED) is 0.727. The third-order valence-corrected chi connectivity index (χ3v) is 3.54. The van der Waals surface area contributed by atoms with Crippen LogP contribution in [0.15, 0.2) is 69.1 Å². The van der Waals surface area contributed by atoms with Crippen LogP contribution in [0.4, 0.5) is 0 Å². The van der Waals surface area contributed by atoms with Gasteiger partial charge in [-0.3, -0.25) is 0 Å². The standard InChI is InChI=1S/C15H12N2O2S/c1-18-12-7-9-13(10-8-12)20-15-17-16-14(19-15)11-5-3-2-4-6-11/h2-10H,1H3. The first-order valence-corrected chi connectivity index (χ1v) is 6.87. The second-order valence-electron chi connectivity index (χ2n) is 4.02. The van der Waals surface area contributed by atoms with Crippen LogP contribution in [0.2, 0.25) is 0 Å². The Hall–Kier alpha value is -2.27. The molecule has 0 saturated heterocycles. The molecule has 3 rings (SSSR count). The van der Waals surface area contributed by atoms with Gasteiger partial charge in [0, 0.05) is 10.5 Å². The van der Waals surface area contributed by atoms with E-state index in [-0.39, 0.29) is 0 Å². The number of rotatable bonds is 4. The summed E-state index contributed by atoms with van der Waals surface area (Å²) in [4.78, 5) is 1.02. The normalized spacial score (nSPS) is 10.4. The van der Waals surface area contributed by atoms with Crippen LogP contribution in [0.1, 0.15) is 0 Å². The Morgan fingerprint density at radius 1 is 0.950 bits per heavy atom. The van der Waals surface area contributed by atoms with E-state index in [1.165, 1.54) is 11.8 Å². The van der Waals surface area contributed by atoms with Crippen molar-refractivity contribution in [3.63, 3.8) is 0 Å². The van der Waals surface area contributed by atoms with Gasteiger partial charge in [-0.25, -0.2) is 0 Å². The van der Waals surface area contributed by atoms with Gasteiger partial charge in [-0.05, 0) is 48.2 Å². The summed E-state index contributed by atoms with van der Waals surface area (Å²) in [5.41, 5.74) is 0.918. The molecule has 0 aliphatic heterocycles. The third-order valence-electron chi connectivity index (χ3n) is 2.69. The van der Waals surface area contributed by atoms with Gasteiger partial charge < -0.3 is 9.15 Å². The van der Waals surface area contributed by atoms with E-state index in [2.05, 4.69) is 10.2 Å². The molecule has 100 valence electrons. The van der Waals surface area contributed by atoms with Crippen molar-refractivity contribution in [1.29, 1.82) is 0 Å². The molecule has 0 aliphatic rings. The molecule has 5 heteroatoms. The zero-order valence-corrected chi connectivity index (χ0v) is 11.6. The molecule has 3 aromatic rings. The molecule has 2 aromatic carbocycles. The maximum Gasteiger partial charge on any atom is 0.281 e. The highest BCUT2D eigenvalue weighted by atomic mass is 32.2. The summed E-state index contributed by atoms with van der Waals surface area (Å²) in [6, 6.07) is 17.4. The molecule has 0 unspecified atom stereocenters. The molecule has 0 bridgehead atoms. The highest BCUT2D eigenvalue weighted by molar-refractivity contribution is 7.99. The van der Waals surface area contributed by atoms with E-state index in [1.54, 1.807) is 7.11 Å². The lowest BCUT2D eigenvalue weighted by atomic mass is 10.2. The molecule has 0 aliphatic carbocycles. The van der Waals surface area contributed by atoms with Gasteiger partial charge in [-0.15, -0.1) is 10.2 Å². The Morgan fingerprint density at radius 3 is 2.40 bits per heavy atom. The van der Waals surface area contributed by atoms with Gasteiger partial charge in [0.15, 0.2) is 0 Å². The molecule has 0 N–H and O–H groups in total. The third kappa shape index (κ3) is 2.83. The van der Waals surface area contributed by atoms with Crippen molar-refractivity contribution >= 4 is 11.8 Å². The van der Waals surface area contributed by atoms with E-state index in [0.717, 1.165) is 16.2 Å². The fraction of sp³-hybridized carbons (Fsp3) is 0.0667. The fourth-order valence-electron chi connectivity index (χ4n) is 1.69. The summed E-state index contributed by atoms with van der Waals surface area (Å²) < 4.78 is 10.8. The van der Waals surface area contributed by atoms with Crippen LogP contribution in [0.5, 0.6) is 5.75 Å². The minimum atomic E-state index is 0.522. The van der Waals surface area contributed by atoms with Crippen LogP contribution in [0.3, 0.4) is 0 Å². The monoisotopic (exact) mass is 284 g/mol. The first-order chi connectivity index (χ1) is 9.85. The van der Waals surface area contributed by atoms with Crippen LogP contribution < -0.4 is 4.74 Å². The zero-order valence-electron chi connectivity index (χ0n) is 10.8. The zero-order chi connectivity index (χ0) is 13.8. The molecule has 0 amide bonds. The summed E-state index contributed by atoms with van der Waals surface area (Å²) in [6.45, 7) is 0. The Labute approximate surface area is 120 Å². The Morgan fingerprint density at radius 2 is 1.70 bits per heavy atom. The average molecular weight is 284 g/mol. The highest BCUT2D eigenvalue weighted by Gasteiger charge is 2.09. The number of hydrogen-bond acceptors (Lipinski definition) is 5. The van der Waals surface area contributed by atoms with Gasteiger partial charge >= 0.3 is 0 Å². The number of ether oxygens (including phenoxy) is 1. The van der Waals surface area contributed by atoms with Crippen molar-refractivity contribution in [3.05, 3.63) is 54.6 Å². The minimum absolute atomic E-state index is 0.522.